The topological polar surface area (TPSA) is 29.5 Å². The third-order valence-electron chi connectivity index (χ3n) is 26.9. The van der Waals surface area contributed by atoms with Gasteiger partial charge in [0.1, 0.15) is 11.2 Å². The lowest BCUT2D eigenvalue weighted by Crippen LogP contribution is -2.09. The molecule has 7 heteroatoms. The Balaban J connectivity index is 0.000000106. The summed E-state index contributed by atoms with van der Waals surface area (Å²) in [5.74, 6) is 0. The predicted molar refractivity (Wildman–Crippen MR) is 572 cm³/mol. The molecule has 0 amide bonds. The molecule has 0 unspecified atom stereocenters. The second-order valence-electron chi connectivity index (χ2n) is 34.5. The van der Waals surface area contributed by atoms with Crippen molar-refractivity contribution in [1.29, 1.82) is 0 Å². The maximum Gasteiger partial charge on any atom is 0.136 e. The van der Waals surface area contributed by atoms with E-state index in [0.717, 1.165) is 56.1 Å². The molecule has 0 spiro atoms. The van der Waals surface area contributed by atoms with E-state index in [2.05, 4.69) is 492 Å². The fourth-order valence-electron chi connectivity index (χ4n) is 20.9. The van der Waals surface area contributed by atoms with E-state index in [1.165, 1.54) is 193 Å². The number of thiophene rings is 2. The van der Waals surface area contributed by atoms with Crippen molar-refractivity contribution in [3.63, 3.8) is 0 Å². The lowest BCUT2D eigenvalue weighted by Gasteiger charge is -2.26. The number of nitrogens with zero attached hydrogens (tertiary/aromatic N) is 4. The standard InChI is InChI=1S/C50H32N2S.C38H23NO.C38H25NS/c1-4-14-35(15-5-1)51(36-16-6-2-7-17-36)38-25-26-39-43-32-50-46(41-21-11-13-23-49(41)53-50)30-34(43)29-42(44(39)31-38)33-24-27-48-45(28-33)40-20-10-12-22-47(40)52(48)37-18-8-3-9-19-37;1-2-11-25(12-3-1)39-34-18-8-6-16-30(34)38-29(17-10-19-35(38)39)32-21-24-22-33-28-15-7-9-20-36(28)40-37(33)23-31(24)26-13-4-5-14-27(26)32;1-3-11-28(12-4-1)39(29-13-5-2-6-14-29)30-21-19-26(20-22-30)34-23-27-24-36-33-17-9-10-18-37(33)40-38(36)25-35(27)32-16-8-7-15-31(32)34/h1-32H;1-23H;1-25H. The summed E-state index contributed by atoms with van der Waals surface area (Å²) in [4.78, 5) is 4.67. The summed E-state index contributed by atoms with van der Waals surface area (Å²) in [5.41, 5.74) is 23.3. The number of aromatic nitrogens is 2. The highest BCUT2D eigenvalue weighted by molar-refractivity contribution is 7.26. The normalized spacial score (nSPS) is 11.8. The first-order valence-corrected chi connectivity index (χ1v) is 47.0. The molecule has 28 aromatic rings. The predicted octanol–water partition coefficient (Wildman–Crippen LogP) is 36.7. The number of benzene rings is 23. The molecular formula is C126H80N4OS2. The van der Waals surface area contributed by atoms with Gasteiger partial charge in [0.15, 0.2) is 0 Å². The van der Waals surface area contributed by atoms with E-state index >= 15 is 0 Å². The molecular weight excluding hydrogens is 1650 g/mol. The number of para-hydroxylation sites is 9. The summed E-state index contributed by atoms with van der Waals surface area (Å²) in [7, 11) is 0. The van der Waals surface area contributed by atoms with Crippen molar-refractivity contribution in [3.8, 4) is 44.8 Å². The summed E-state index contributed by atoms with van der Waals surface area (Å²) in [6.45, 7) is 0. The van der Waals surface area contributed by atoms with Crippen LogP contribution in [0.1, 0.15) is 0 Å². The first-order valence-electron chi connectivity index (χ1n) is 45.4. The van der Waals surface area contributed by atoms with Crippen molar-refractivity contribution >= 4 is 227 Å². The van der Waals surface area contributed by atoms with E-state index in [9.17, 15) is 0 Å². The smallest absolute Gasteiger partial charge is 0.136 e. The van der Waals surface area contributed by atoms with E-state index < -0.39 is 0 Å². The molecule has 0 saturated carbocycles. The molecule has 0 fully saturated rings. The number of rotatable bonds is 11. The van der Waals surface area contributed by atoms with Crippen molar-refractivity contribution < 1.29 is 4.42 Å². The van der Waals surface area contributed by atoms with Crippen LogP contribution in [0.15, 0.2) is 490 Å². The van der Waals surface area contributed by atoms with E-state index in [1.807, 2.05) is 34.8 Å². The van der Waals surface area contributed by atoms with Gasteiger partial charge < -0.3 is 23.4 Å². The molecule has 0 aliphatic rings. The number of hydrogen-bond acceptors (Lipinski definition) is 5. The van der Waals surface area contributed by atoms with Gasteiger partial charge in [-0.3, -0.25) is 0 Å². The van der Waals surface area contributed by atoms with Crippen LogP contribution in [-0.2, 0) is 0 Å². The Hall–Kier alpha value is -16.9. The van der Waals surface area contributed by atoms with Crippen molar-refractivity contribution in [2.75, 3.05) is 9.80 Å². The molecule has 622 valence electrons. The third kappa shape index (κ3) is 13.2. The number of anilines is 6. The Morgan fingerprint density at radius 1 is 0.173 bits per heavy atom. The van der Waals surface area contributed by atoms with Gasteiger partial charge in [-0.05, 0) is 298 Å². The second kappa shape index (κ2) is 32.1. The minimum absolute atomic E-state index is 0.927. The Bertz CT molecular complexity index is 9370. The number of hydrogen-bond donors (Lipinski definition) is 0. The van der Waals surface area contributed by atoms with Gasteiger partial charge in [-0.1, -0.05) is 285 Å². The van der Waals surface area contributed by atoms with Crippen molar-refractivity contribution in [2.24, 2.45) is 0 Å². The maximum absolute atomic E-state index is 6.27. The van der Waals surface area contributed by atoms with Gasteiger partial charge in [0.25, 0.3) is 0 Å². The van der Waals surface area contributed by atoms with Crippen LogP contribution in [0.5, 0.6) is 0 Å². The van der Waals surface area contributed by atoms with E-state index in [-0.39, 0.29) is 0 Å². The molecule has 133 heavy (non-hydrogen) atoms. The average molecular weight is 1730 g/mol. The Morgan fingerprint density at radius 3 is 1.12 bits per heavy atom. The minimum atomic E-state index is 0.927. The SMILES string of the molecule is c1ccc(-n2c3ccccc3c3c(-c4cc5cc6c(cc5c5ccccc45)oc4ccccc46)cccc32)cc1.c1ccc(N(c2ccccc2)c2ccc(-c3cc4cc5c(cc4c4ccccc34)sc3ccccc35)cc2)cc1.c1ccc(N(c2ccccc2)c2ccc3c(c2)c(-c2ccc4c(c2)c2ccccc2n4-c2ccccc2)cc2cc4c(cc23)sc2ccccc24)cc1. The maximum atomic E-state index is 6.27. The minimum Gasteiger partial charge on any atom is -0.456 e. The van der Waals surface area contributed by atoms with Gasteiger partial charge in [-0.25, -0.2) is 0 Å². The molecule has 0 radical (unpaired) electrons. The molecule has 0 aliphatic heterocycles. The molecule has 0 saturated heterocycles. The molecule has 5 aromatic heterocycles. The summed E-state index contributed by atoms with van der Waals surface area (Å²) in [6.07, 6.45) is 0. The second-order valence-corrected chi connectivity index (χ2v) is 36.6. The molecule has 5 heterocycles. The van der Waals surface area contributed by atoms with Crippen LogP contribution >= 0.6 is 22.7 Å². The Labute approximate surface area is 774 Å². The van der Waals surface area contributed by atoms with Gasteiger partial charge in [0.05, 0.1) is 22.1 Å². The number of fused-ring (bicyclic) bond motifs is 24. The van der Waals surface area contributed by atoms with Crippen LogP contribution in [0.25, 0.3) is 215 Å². The Kier molecular flexibility index (Phi) is 18.6. The highest BCUT2D eigenvalue weighted by Crippen LogP contribution is 2.50. The van der Waals surface area contributed by atoms with Gasteiger partial charge >= 0.3 is 0 Å². The molecule has 0 N–H and O–H groups in total. The molecule has 0 atom stereocenters. The fourth-order valence-corrected chi connectivity index (χ4v) is 23.2. The van der Waals surface area contributed by atoms with Crippen LogP contribution in [-0.4, -0.2) is 9.13 Å². The highest BCUT2D eigenvalue weighted by atomic mass is 32.1. The zero-order chi connectivity index (χ0) is 87.6. The average Bonchev–Trinajstić information content (AvgIpc) is 1.63. The van der Waals surface area contributed by atoms with Crippen LogP contribution in [0.4, 0.5) is 34.1 Å². The van der Waals surface area contributed by atoms with Gasteiger partial charge in [-0.15, -0.1) is 22.7 Å². The van der Waals surface area contributed by atoms with E-state index in [0.29, 0.717) is 0 Å². The monoisotopic (exact) mass is 1730 g/mol. The first-order chi connectivity index (χ1) is 66.0. The summed E-state index contributed by atoms with van der Waals surface area (Å²) < 4.78 is 16.4. The molecule has 23 aromatic carbocycles. The lowest BCUT2D eigenvalue weighted by molar-refractivity contribution is 0.669. The summed E-state index contributed by atoms with van der Waals surface area (Å²) in [6, 6.07) is 176. The van der Waals surface area contributed by atoms with Crippen LogP contribution in [0, 0.1) is 0 Å². The molecule has 5 nitrogen and oxygen atoms in total. The summed E-state index contributed by atoms with van der Waals surface area (Å²) in [5, 5.41) is 27.8. The number of furan rings is 1. The zero-order valence-electron chi connectivity index (χ0n) is 72.2. The van der Waals surface area contributed by atoms with Gasteiger partial charge in [0, 0.05) is 118 Å². The van der Waals surface area contributed by atoms with Crippen LogP contribution in [0.2, 0.25) is 0 Å². The molecule has 0 bridgehead atoms. The quantitative estimate of drug-likeness (QED) is 0.121. The van der Waals surface area contributed by atoms with Crippen LogP contribution < -0.4 is 9.80 Å². The largest absolute Gasteiger partial charge is 0.456 e. The van der Waals surface area contributed by atoms with E-state index in [4.69, 9.17) is 4.42 Å². The van der Waals surface area contributed by atoms with Gasteiger partial charge in [-0.2, -0.15) is 0 Å². The zero-order valence-corrected chi connectivity index (χ0v) is 73.8. The van der Waals surface area contributed by atoms with E-state index in [1.54, 1.807) is 0 Å². The third-order valence-corrected chi connectivity index (χ3v) is 29.2. The molecule has 0 aliphatic carbocycles. The Morgan fingerprint density at radius 2 is 0.556 bits per heavy atom. The van der Waals surface area contributed by atoms with Crippen molar-refractivity contribution in [3.05, 3.63) is 485 Å². The van der Waals surface area contributed by atoms with Gasteiger partial charge in [0.2, 0.25) is 0 Å². The van der Waals surface area contributed by atoms with Crippen molar-refractivity contribution in [1.82, 2.24) is 9.13 Å². The van der Waals surface area contributed by atoms with Crippen LogP contribution in [0.3, 0.4) is 0 Å². The lowest BCUT2D eigenvalue weighted by atomic mass is 9.90. The molecule has 28 rings (SSSR count). The highest BCUT2D eigenvalue weighted by Gasteiger charge is 2.24. The summed E-state index contributed by atoms with van der Waals surface area (Å²) >= 11 is 3.76. The van der Waals surface area contributed by atoms with Crippen molar-refractivity contribution in [2.45, 2.75) is 0 Å². The fraction of sp³-hybridized carbons (Fsp3) is 0. The first kappa shape index (κ1) is 77.2.